The number of benzene rings is 2. The van der Waals surface area contributed by atoms with Crippen molar-refractivity contribution in [2.24, 2.45) is 0 Å². The van der Waals surface area contributed by atoms with E-state index in [4.69, 9.17) is 23.2 Å². The third-order valence-electron chi connectivity index (χ3n) is 4.58. The van der Waals surface area contributed by atoms with Crippen LogP contribution in [-0.4, -0.2) is 42.9 Å². The predicted molar refractivity (Wildman–Crippen MR) is 110 cm³/mol. The summed E-state index contributed by atoms with van der Waals surface area (Å²) in [4.78, 5) is 27.7. The molecular formula is C20H21Cl2N3O2. The van der Waals surface area contributed by atoms with Gasteiger partial charge in [-0.15, -0.1) is 0 Å². The van der Waals surface area contributed by atoms with Crippen LogP contribution in [0.2, 0.25) is 10.0 Å². The molecule has 2 aromatic rings. The van der Waals surface area contributed by atoms with Gasteiger partial charge in [0.05, 0.1) is 17.1 Å². The second kappa shape index (κ2) is 8.63. The fraction of sp³-hybridized carbons (Fsp3) is 0.300. The number of amides is 2. The van der Waals surface area contributed by atoms with Crippen LogP contribution in [0, 0.1) is 0 Å². The largest absolute Gasteiger partial charge is 0.367 e. The van der Waals surface area contributed by atoms with Crippen molar-refractivity contribution in [2.45, 2.75) is 13.3 Å². The van der Waals surface area contributed by atoms with Crippen molar-refractivity contribution in [2.75, 3.05) is 36.4 Å². The van der Waals surface area contributed by atoms with E-state index >= 15 is 0 Å². The summed E-state index contributed by atoms with van der Waals surface area (Å²) < 4.78 is 0. The van der Waals surface area contributed by atoms with E-state index in [0.717, 1.165) is 24.3 Å². The minimum atomic E-state index is -0.115. The fourth-order valence-corrected chi connectivity index (χ4v) is 3.52. The molecule has 1 aliphatic heterocycles. The Kier molecular flexibility index (Phi) is 6.24. The number of piperazine rings is 1. The Morgan fingerprint density at radius 2 is 1.67 bits per heavy atom. The number of nitrogens with one attached hydrogen (secondary N) is 1. The Balaban J connectivity index is 1.60. The Morgan fingerprint density at radius 1 is 1.00 bits per heavy atom. The molecule has 1 saturated heterocycles. The molecule has 2 amide bonds. The first kappa shape index (κ1) is 19.5. The van der Waals surface area contributed by atoms with Crippen LogP contribution < -0.4 is 10.2 Å². The molecular weight excluding hydrogens is 385 g/mol. The standard InChI is InChI=1S/C20H21Cl2N3O2/c1-14(26)24-8-10-25(11-9-24)19-7-6-17(13-18(19)22)23-20(27)12-15-2-4-16(21)5-3-15/h2-7,13H,8-12H2,1H3,(H,23,27). The van der Waals surface area contributed by atoms with Gasteiger partial charge in [-0.1, -0.05) is 35.3 Å². The third-order valence-corrected chi connectivity index (χ3v) is 5.13. The highest BCUT2D eigenvalue weighted by Gasteiger charge is 2.20. The zero-order chi connectivity index (χ0) is 19.4. The molecule has 0 unspecified atom stereocenters. The van der Waals surface area contributed by atoms with Crippen molar-refractivity contribution >= 4 is 46.4 Å². The quantitative estimate of drug-likeness (QED) is 0.840. The number of rotatable bonds is 4. The van der Waals surface area contributed by atoms with E-state index in [1.165, 1.54) is 0 Å². The van der Waals surface area contributed by atoms with Crippen molar-refractivity contribution < 1.29 is 9.59 Å². The van der Waals surface area contributed by atoms with Gasteiger partial charge in [0.25, 0.3) is 0 Å². The monoisotopic (exact) mass is 405 g/mol. The van der Waals surface area contributed by atoms with Crippen molar-refractivity contribution in [1.82, 2.24) is 4.90 Å². The lowest BCUT2D eigenvalue weighted by Crippen LogP contribution is -2.48. The van der Waals surface area contributed by atoms with Gasteiger partial charge in [-0.2, -0.15) is 0 Å². The van der Waals surface area contributed by atoms with Crippen molar-refractivity contribution in [3.05, 3.63) is 58.1 Å². The summed E-state index contributed by atoms with van der Waals surface area (Å²) >= 11 is 12.3. The molecule has 0 bridgehead atoms. The predicted octanol–water partition coefficient (Wildman–Crippen LogP) is 3.84. The van der Waals surface area contributed by atoms with E-state index in [0.29, 0.717) is 28.8 Å². The summed E-state index contributed by atoms with van der Waals surface area (Å²) in [5.74, 6) is -0.0179. The first-order valence-electron chi connectivity index (χ1n) is 8.76. The van der Waals surface area contributed by atoms with E-state index in [1.54, 1.807) is 25.1 Å². The van der Waals surface area contributed by atoms with Crippen molar-refractivity contribution in [3.63, 3.8) is 0 Å². The topological polar surface area (TPSA) is 52.7 Å². The molecule has 0 aliphatic carbocycles. The Hall–Kier alpha value is -2.24. The van der Waals surface area contributed by atoms with Crippen molar-refractivity contribution in [3.8, 4) is 0 Å². The molecule has 2 aromatic carbocycles. The molecule has 7 heteroatoms. The molecule has 142 valence electrons. The minimum Gasteiger partial charge on any atom is -0.367 e. The molecule has 0 saturated carbocycles. The average Bonchev–Trinajstić information content (AvgIpc) is 2.64. The van der Waals surface area contributed by atoms with Gasteiger partial charge in [-0.3, -0.25) is 9.59 Å². The van der Waals surface area contributed by atoms with Crippen LogP contribution in [0.15, 0.2) is 42.5 Å². The zero-order valence-corrected chi connectivity index (χ0v) is 16.6. The number of nitrogens with zero attached hydrogens (tertiary/aromatic N) is 2. The number of carbonyl (C=O) groups excluding carboxylic acids is 2. The lowest BCUT2D eigenvalue weighted by molar-refractivity contribution is -0.129. The molecule has 1 N–H and O–H groups in total. The Labute approximate surface area is 168 Å². The zero-order valence-electron chi connectivity index (χ0n) is 15.0. The average molecular weight is 406 g/mol. The SMILES string of the molecule is CC(=O)N1CCN(c2ccc(NC(=O)Cc3ccc(Cl)cc3)cc2Cl)CC1. The van der Waals surface area contributed by atoms with Crippen LogP contribution in [0.1, 0.15) is 12.5 Å². The molecule has 1 heterocycles. The number of halogens is 2. The van der Waals surface area contributed by atoms with E-state index in [2.05, 4.69) is 10.2 Å². The van der Waals surface area contributed by atoms with Gasteiger partial charge >= 0.3 is 0 Å². The molecule has 1 fully saturated rings. The normalized spacial score (nSPS) is 14.2. The van der Waals surface area contributed by atoms with Crippen LogP contribution >= 0.6 is 23.2 Å². The number of hydrogen-bond acceptors (Lipinski definition) is 3. The fourth-order valence-electron chi connectivity index (χ4n) is 3.10. The van der Waals surface area contributed by atoms with Crippen LogP contribution in [0.5, 0.6) is 0 Å². The van der Waals surface area contributed by atoms with Crippen LogP contribution in [0.3, 0.4) is 0 Å². The van der Waals surface area contributed by atoms with Gasteiger partial charge in [0.1, 0.15) is 0 Å². The highest BCUT2D eigenvalue weighted by molar-refractivity contribution is 6.33. The maximum atomic E-state index is 12.2. The molecule has 5 nitrogen and oxygen atoms in total. The summed E-state index contributed by atoms with van der Waals surface area (Å²) in [6.07, 6.45) is 0.267. The van der Waals surface area contributed by atoms with E-state index in [9.17, 15) is 9.59 Å². The maximum Gasteiger partial charge on any atom is 0.228 e. The van der Waals surface area contributed by atoms with Gasteiger partial charge in [0, 0.05) is 43.8 Å². The molecule has 0 aromatic heterocycles. The summed E-state index contributed by atoms with van der Waals surface area (Å²) in [6, 6.07) is 12.7. The van der Waals surface area contributed by atoms with E-state index in [-0.39, 0.29) is 18.2 Å². The van der Waals surface area contributed by atoms with Crippen molar-refractivity contribution in [1.29, 1.82) is 0 Å². The summed E-state index contributed by atoms with van der Waals surface area (Å²) in [5.41, 5.74) is 2.46. The molecule has 0 atom stereocenters. The number of carbonyl (C=O) groups is 2. The third kappa shape index (κ3) is 5.15. The minimum absolute atomic E-state index is 0.0968. The molecule has 27 heavy (non-hydrogen) atoms. The highest BCUT2D eigenvalue weighted by Crippen LogP contribution is 2.29. The molecule has 0 spiro atoms. The van der Waals surface area contributed by atoms with Gasteiger partial charge in [-0.05, 0) is 35.9 Å². The van der Waals surface area contributed by atoms with E-state index in [1.807, 2.05) is 29.2 Å². The first-order chi connectivity index (χ1) is 12.9. The maximum absolute atomic E-state index is 12.2. The highest BCUT2D eigenvalue weighted by atomic mass is 35.5. The van der Waals surface area contributed by atoms with Gasteiger partial charge in [-0.25, -0.2) is 0 Å². The summed E-state index contributed by atoms with van der Waals surface area (Å²) in [7, 11) is 0. The number of hydrogen-bond donors (Lipinski definition) is 1. The molecule has 1 aliphatic rings. The van der Waals surface area contributed by atoms with Gasteiger partial charge in [0.15, 0.2) is 0 Å². The lowest BCUT2D eigenvalue weighted by atomic mass is 10.1. The van der Waals surface area contributed by atoms with E-state index < -0.39 is 0 Å². The second-order valence-corrected chi connectivity index (χ2v) is 7.35. The number of anilines is 2. The van der Waals surface area contributed by atoms with Crippen LogP contribution in [-0.2, 0) is 16.0 Å². The summed E-state index contributed by atoms with van der Waals surface area (Å²) in [6.45, 7) is 4.43. The Bertz CT molecular complexity index is 832. The smallest absolute Gasteiger partial charge is 0.228 e. The van der Waals surface area contributed by atoms with Gasteiger partial charge in [0.2, 0.25) is 11.8 Å². The van der Waals surface area contributed by atoms with Gasteiger partial charge < -0.3 is 15.1 Å². The van der Waals surface area contributed by atoms with Crippen LogP contribution in [0.4, 0.5) is 11.4 Å². The first-order valence-corrected chi connectivity index (χ1v) is 9.52. The lowest BCUT2D eigenvalue weighted by Gasteiger charge is -2.36. The second-order valence-electron chi connectivity index (χ2n) is 6.51. The van der Waals surface area contributed by atoms with Crippen LogP contribution in [0.25, 0.3) is 0 Å². The molecule has 3 rings (SSSR count). The Morgan fingerprint density at radius 3 is 2.26 bits per heavy atom. The molecule has 0 radical (unpaired) electrons. The summed E-state index contributed by atoms with van der Waals surface area (Å²) in [5, 5.41) is 4.09.